The molecule has 0 bridgehead atoms. The van der Waals surface area contributed by atoms with E-state index < -0.39 is 0 Å². The van der Waals surface area contributed by atoms with Crippen LogP contribution in [0.4, 0.5) is 0 Å². The molecule has 16 heavy (non-hydrogen) atoms. The third-order valence-corrected chi connectivity index (χ3v) is 3.21. The van der Waals surface area contributed by atoms with E-state index in [1.165, 1.54) is 16.7 Å². The van der Waals surface area contributed by atoms with Crippen molar-refractivity contribution in [1.29, 1.82) is 0 Å². The van der Waals surface area contributed by atoms with Gasteiger partial charge in [-0.15, -0.1) is 0 Å². The Morgan fingerprint density at radius 3 is 2.50 bits per heavy atom. The van der Waals surface area contributed by atoms with Crippen molar-refractivity contribution in [1.82, 2.24) is 0 Å². The zero-order valence-electron chi connectivity index (χ0n) is 10.8. The summed E-state index contributed by atoms with van der Waals surface area (Å²) in [6, 6.07) is 6.48. The first kappa shape index (κ1) is 13.2. The summed E-state index contributed by atoms with van der Waals surface area (Å²) in [6.45, 7) is 7.12. The summed E-state index contributed by atoms with van der Waals surface area (Å²) in [5, 5.41) is 0. The Morgan fingerprint density at radius 1 is 1.25 bits per heavy atom. The van der Waals surface area contributed by atoms with Crippen molar-refractivity contribution in [3.05, 3.63) is 34.9 Å². The number of methoxy groups -OCH3 is 1. The number of benzene rings is 1. The van der Waals surface area contributed by atoms with E-state index in [1.807, 2.05) is 0 Å². The monoisotopic (exact) mass is 221 g/mol. The summed E-state index contributed by atoms with van der Waals surface area (Å²) in [7, 11) is 1.73. The average Bonchev–Trinajstić information content (AvgIpc) is 2.22. The Labute approximate surface area is 98.8 Å². The maximum atomic E-state index is 6.34. The topological polar surface area (TPSA) is 35.2 Å². The third-order valence-electron chi connectivity index (χ3n) is 3.21. The number of hydrogen-bond acceptors (Lipinski definition) is 2. The molecule has 0 fully saturated rings. The maximum absolute atomic E-state index is 6.34. The van der Waals surface area contributed by atoms with Gasteiger partial charge in [0.15, 0.2) is 0 Å². The minimum absolute atomic E-state index is 0.253. The largest absolute Gasteiger partial charge is 0.385 e. The Kier molecular flexibility index (Phi) is 4.51. The van der Waals surface area contributed by atoms with Crippen molar-refractivity contribution in [2.45, 2.75) is 39.2 Å². The second kappa shape index (κ2) is 5.46. The minimum atomic E-state index is -0.253. The fourth-order valence-electron chi connectivity index (χ4n) is 1.82. The Balaban J connectivity index is 2.76. The molecule has 0 saturated heterocycles. The molecule has 0 aliphatic carbocycles. The predicted octanol–water partition coefficient (Wildman–Crippen LogP) is 2.90. The van der Waals surface area contributed by atoms with Gasteiger partial charge < -0.3 is 10.5 Å². The molecule has 2 N–H and O–H groups in total. The number of hydrogen-bond donors (Lipinski definition) is 1. The van der Waals surface area contributed by atoms with Crippen molar-refractivity contribution in [2.75, 3.05) is 13.7 Å². The molecule has 0 saturated carbocycles. The molecule has 0 radical (unpaired) electrons. The highest BCUT2D eigenvalue weighted by Gasteiger charge is 2.20. The first-order chi connectivity index (χ1) is 7.47. The molecule has 0 aliphatic rings. The quantitative estimate of drug-likeness (QED) is 0.776. The lowest BCUT2D eigenvalue weighted by Crippen LogP contribution is -2.33. The molecule has 0 aromatic heterocycles. The lowest BCUT2D eigenvalue weighted by Gasteiger charge is -2.26. The van der Waals surface area contributed by atoms with Gasteiger partial charge in [-0.3, -0.25) is 0 Å². The molecule has 1 rings (SSSR count). The average molecular weight is 221 g/mol. The Hall–Kier alpha value is -0.860. The van der Waals surface area contributed by atoms with Gasteiger partial charge in [0, 0.05) is 19.3 Å². The number of nitrogens with two attached hydrogens (primary N) is 1. The smallest absolute Gasteiger partial charge is 0.0463 e. The van der Waals surface area contributed by atoms with Crippen LogP contribution < -0.4 is 5.73 Å². The fraction of sp³-hybridized carbons (Fsp3) is 0.571. The minimum Gasteiger partial charge on any atom is -0.385 e. The van der Waals surface area contributed by atoms with Crippen LogP contribution in [0.3, 0.4) is 0 Å². The van der Waals surface area contributed by atoms with E-state index in [1.54, 1.807) is 7.11 Å². The lowest BCUT2D eigenvalue weighted by atomic mass is 9.87. The van der Waals surface area contributed by atoms with Gasteiger partial charge in [-0.2, -0.15) is 0 Å². The van der Waals surface area contributed by atoms with Gasteiger partial charge in [-0.05, 0) is 50.3 Å². The van der Waals surface area contributed by atoms with Gasteiger partial charge in [0.05, 0.1) is 0 Å². The van der Waals surface area contributed by atoms with E-state index in [-0.39, 0.29) is 5.54 Å². The normalized spacial score (nSPS) is 14.8. The summed E-state index contributed by atoms with van der Waals surface area (Å²) >= 11 is 0. The van der Waals surface area contributed by atoms with Crippen LogP contribution in [-0.4, -0.2) is 13.7 Å². The molecule has 0 heterocycles. The van der Waals surface area contributed by atoms with Crippen LogP contribution in [0.2, 0.25) is 0 Å². The molecular weight excluding hydrogens is 198 g/mol. The van der Waals surface area contributed by atoms with Gasteiger partial charge in [0.1, 0.15) is 0 Å². The van der Waals surface area contributed by atoms with E-state index in [0.717, 1.165) is 19.4 Å². The summed E-state index contributed by atoms with van der Waals surface area (Å²) in [5.41, 5.74) is 9.93. The van der Waals surface area contributed by atoms with E-state index in [4.69, 9.17) is 10.5 Å². The summed E-state index contributed by atoms with van der Waals surface area (Å²) in [4.78, 5) is 0. The van der Waals surface area contributed by atoms with Crippen molar-refractivity contribution in [3.8, 4) is 0 Å². The summed E-state index contributed by atoms with van der Waals surface area (Å²) in [6.07, 6.45) is 1.94. The first-order valence-corrected chi connectivity index (χ1v) is 5.83. The highest BCUT2D eigenvalue weighted by atomic mass is 16.5. The second-order valence-electron chi connectivity index (χ2n) is 4.81. The summed E-state index contributed by atoms with van der Waals surface area (Å²) < 4.78 is 5.06. The van der Waals surface area contributed by atoms with Crippen LogP contribution in [0.15, 0.2) is 18.2 Å². The predicted molar refractivity (Wildman–Crippen MR) is 68.6 cm³/mol. The molecule has 0 amide bonds. The number of rotatable bonds is 5. The van der Waals surface area contributed by atoms with Crippen molar-refractivity contribution in [3.63, 3.8) is 0 Å². The van der Waals surface area contributed by atoms with Crippen LogP contribution in [0, 0.1) is 13.8 Å². The number of aryl methyl sites for hydroxylation is 2. The second-order valence-corrected chi connectivity index (χ2v) is 4.81. The van der Waals surface area contributed by atoms with Gasteiger partial charge in [-0.1, -0.05) is 18.2 Å². The molecule has 0 aliphatic heterocycles. The molecule has 1 unspecified atom stereocenters. The van der Waals surface area contributed by atoms with E-state index in [0.29, 0.717) is 0 Å². The standard InChI is InChI=1S/C14H23NO/c1-11-6-7-13(10-12(11)2)14(3,15)8-5-9-16-4/h6-7,10H,5,8-9,15H2,1-4H3. The third kappa shape index (κ3) is 3.32. The van der Waals surface area contributed by atoms with Crippen LogP contribution in [0.5, 0.6) is 0 Å². The Morgan fingerprint density at radius 2 is 1.94 bits per heavy atom. The van der Waals surface area contributed by atoms with E-state index in [9.17, 15) is 0 Å². The van der Waals surface area contributed by atoms with Crippen molar-refractivity contribution >= 4 is 0 Å². The molecule has 2 heteroatoms. The van der Waals surface area contributed by atoms with Crippen LogP contribution >= 0.6 is 0 Å². The summed E-state index contributed by atoms with van der Waals surface area (Å²) in [5.74, 6) is 0. The van der Waals surface area contributed by atoms with Gasteiger partial charge in [0.25, 0.3) is 0 Å². The highest BCUT2D eigenvalue weighted by molar-refractivity contribution is 5.33. The Bertz CT molecular complexity index is 345. The lowest BCUT2D eigenvalue weighted by molar-refractivity contribution is 0.184. The number of ether oxygens (including phenoxy) is 1. The van der Waals surface area contributed by atoms with E-state index in [2.05, 4.69) is 39.0 Å². The zero-order valence-corrected chi connectivity index (χ0v) is 10.8. The van der Waals surface area contributed by atoms with Crippen molar-refractivity contribution in [2.24, 2.45) is 5.73 Å². The SMILES string of the molecule is COCCCC(C)(N)c1ccc(C)c(C)c1. The molecule has 90 valence electrons. The zero-order chi connectivity index (χ0) is 12.2. The molecular formula is C14H23NO. The fourth-order valence-corrected chi connectivity index (χ4v) is 1.82. The van der Waals surface area contributed by atoms with Gasteiger partial charge >= 0.3 is 0 Å². The highest BCUT2D eigenvalue weighted by Crippen LogP contribution is 2.25. The molecule has 1 atom stereocenters. The van der Waals surface area contributed by atoms with Crippen LogP contribution in [0.25, 0.3) is 0 Å². The molecule has 2 nitrogen and oxygen atoms in total. The first-order valence-electron chi connectivity index (χ1n) is 5.83. The van der Waals surface area contributed by atoms with Gasteiger partial charge in [0.2, 0.25) is 0 Å². The molecule has 0 spiro atoms. The van der Waals surface area contributed by atoms with Crippen LogP contribution in [-0.2, 0) is 10.3 Å². The molecule has 1 aromatic rings. The van der Waals surface area contributed by atoms with Crippen molar-refractivity contribution < 1.29 is 4.74 Å². The maximum Gasteiger partial charge on any atom is 0.0463 e. The molecule has 1 aromatic carbocycles. The van der Waals surface area contributed by atoms with Crippen LogP contribution in [0.1, 0.15) is 36.5 Å². The van der Waals surface area contributed by atoms with E-state index >= 15 is 0 Å². The van der Waals surface area contributed by atoms with Gasteiger partial charge in [-0.25, -0.2) is 0 Å².